The summed E-state index contributed by atoms with van der Waals surface area (Å²) in [6.45, 7) is -0.717. The number of alkyl halides is 3. The minimum absolute atomic E-state index is 0.308. The zero-order chi connectivity index (χ0) is 18.3. The number of hydrogen-bond acceptors (Lipinski definition) is 7. The van der Waals surface area contributed by atoms with Crippen LogP contribution in [-0.2, 0) is 20.0 Å². The molecule has 1 saturated heterocycles. The number of hydrogen-bond donors (Lipinski definition) is 4. The van der Waals surface area contributed by atoms with E-state index in [1.807, 2.05) is 0 Å². The van der Waals surface area contributed by atoms with Crippen molar-refractivity contribution in [1.82, 2.24) is 9.55 Å². The van der Waals surface area contributed by atoms with Crippen molar-refractivity contribution in [2.75, 3.05) is 12.3 Å². The van der Waals surface area contributed by atoms with Crippen molar-refractivity contribution < 1.29 is 41.9 Å². The molecule has 1 aliphatic rings. The second-order valence-corrected chi connectivity index (χ2v) is 6.19. The number of rotatable bonds is 4. The molecule has 0 saturated carbocycles. The average molecular weight is 375 g/mol. The number of phosphoric acid groups is 1. The van der Waals surface area contributed by atoms with Gasteiger partial charge in [0.2, 0.25) is 0 Å². The van der Waals surface area contributed by atoms with E-state index in [2.05, 4.69) is 9.51 Å². The van der Waals surface area contributed by atoms with Gasteiger partial charge >= 0.3 is 19.7 Å². The van der Waals surface area contributed by atoms with Crippen LogP contribution < -0.4 is 11.4 Å². The number of nitrogen functional groups attached to an aromatic ring is 1. The first-order chi connectivity index (χ1) is 10.9. The lowest BCUT2D eigenvalue weighted by molar-refractivity contribution is -0.138. The van der Waals surface area contributed by atoms with E-state index in [4.69, 9.17) is 20.3 Å². The van der Waals surface area contributed by atoms with E-state index in [0.717, 1.165) is 0 Å². The van der Waals surface area contributed by atoms with Gasteiger partial charge in [0.1, 0.15) is 23.7 Å². The molecule has 14 heteroatoms. The van der Waals surface area contributed by atoms with Crippen molar-refractivity contribution in [3.63, 3.8) is 0 Å². The molecule has 3 atom stereocenters. The zero-order valence-electron chi connectivity index (χ0n) is 11.8. The number of halogens is 3. The van der Waals surface area contributed by atoms with E-state index >= 15 is 0 Å². The Balaban J connectivity index is 2.24. The molecule has 0 amide bonds. The van der Waals surface area contributed by atoms with Crippen molar-refractivity contribution in [3.05, 3.63) is 22.2 Å². The van der Waals surface area contributed by atoms with Gasteiger partial charge in [0, 0.05) is 12.6 Å². The number of nitrogens with two attached hydrogens (primary N) is 1. The first-order valence-electron chi connectivity index (χ1n) is 6.38. The lowest BCUT2D eigenvalue weighted by Gasteiger charge is -2.18. The number of ether oxygens (including phenoxy) is 1. The number of anilines is 1. The van der Waals surface area contributed by atoms with Crippen molar-refractivity contribution in [1.29, 1.82) is 0 Å². The fourth-order valence-corrected chi connectivity index (χ4v) is 2.45. The summed E-state index contributed by atoms with van der Waals surface area (Å²) >= 11 is 0. The Morgan fingerprint density at radius 1 is 1.50 bits per heavy atom. The Labute approximate surface area is 131 Å². The van der Waals surface area contributed by atoms with Gasteiger partial charge in [0.25, 0.3) is 0 Å². The van der Waals surface area contributed by atoms with Crippen LogP contribution in [0.25, 0.3) is 0 Å². The van der Waals surface area contributed by atoms with Crippen molar-refractivity contribution in [2.45, 2.75) is 31.0 Å². The van der Waals surface area contributed by atoms with Gasteiger partial charge in [0.05, 0.1) is 12.7 Å². The molecule has 0 unspecified atom stereocenters. The molecule has 0 aliphatic carbocycles. The van der Waals surface area contributed by atoms with Crippen LogP contribution in [0.2, 0.25) is 0 Å². The van der Waals surface area contributed by atoms with Gasteiger partial charge in [-0.25, -0.2) is 9.36 Å². The van der Waals surface area contributed by atoms with Crippen molar-refractivity contribution in [2.24, 2.45) is 0 Å². The minimum Gasteiger partial charge on any atom is -0.390 e. The van der Waals surface area contributed by atoms with Crippen LogP contribution >= 0.6 is 7.82 Å². The SMILES string of the molecule is Nc1nc(=O)n([C@H]2C[C@H](O)[C@@H](COP(=O)(O)O)O2)cc1C(F)(F)F. The molecule has 0 bridgehead atoms. The summed E-state index contributed by atoms with van der Waals surface area (Å²) in [5.74, 6) is -0.997. The first kappa shape index (κ1) is 18.8. The van der Waals surface area contributed by atoms with Crippen LogP contribution in [-0.4, -0.2) is 43.3 Å². The van der Waals surface area contributed by atoms with Crippen LogP contribution in [0.15, 0.2) is 11.0 Å². The zero-order valence-corrected chi connectivity index (χ0v) is 12.6. The van der Waals surface area contributed by atoms with E-state index in [9.17, 15) is 27.6 Å². The quantitative estimate of drug-likeness (QED) is 0.514. The van der Waals surface area contributed by atoms with Gasteiger partial charge in [-0.2, -0.15) is 18.2 Å². The normalized spacial score (nSPS) is 25.2. The molecule has 24 heavy (non-hydrogen) atoms. The standard InChI is InChI=1S/C10H13F3N3O7P/c11-10(12,13)4-2-16(9(18)15-8(4)14)7-1-5(17)6(23-7)3-22-24(19,20)21/h2,5-7,17H,1,3H2,(H2,14,15,18)(H2,19,20,21)/t5-,6+,7+/m0/s1. The van der Waals surface area contributed by atoms with Crippen LogP contribution in [0.3, 0.4) is 0 Å². The highest BCUT2D eigenvalue weighted by atomic mass is 31.2. The predicted octanol–water partition coefficient (Wildman–Crippen LogP) is -0.398. The number of nitrogens with zero attached hydrogens (tertiary/aromatic N) is 2. The number of aromatic nitrogens is 2. The predicted molar refractivity (Wildman–Crippen MR) is 70.4 cm³/mol. The van der Waals surface area contributed by atoms with Crippen molar-refractivity contribution >= 4 is 13.6 Å². The molecule has 1 fully saturated rings. The first-order valence-corrected chi connectivity index (χ1v) is 7.91. The maximum atomic E-state index is 12.8. The number of aliphatic hydroxyl groups excluding tert-OH is 1. The fourth-order valence-electron chi connectivity index (χ4n) is 2.11. The second-order valence-electron chi connectivity index (χ2n) is 4.95. The summed E-state index contributed by atoms with van der Waals surface area (Å²) in [6, 6.07) is 0. The second kappa shape index (κ2) is 6.43. The van der Waals surface area contributed by atoms with Crippen LogP contribution in [0.1, 0.15) is 18.2 Å². The smallest absolute Gasteiger partial charge is 0.390 e. The molecule has 0 aromatic carbocycles. The molecular weight excluding hydrogens is 362 g/mol. The molecule has 2 rings (SSSR count). The van der Waals surface area contributed by atoms with Gasteiger partial charge in [-0.1, -0.05) is 0 Å². The van der Waals surface area contributed by atoms with Gasteiger partial charge in [-0.15, -0.1) is 0 Å². The molecule has 1 aromatic heterocycles. The third-order valence-electron chi connectivity index (χ3n) is 3.21. The summed E-state index contributed by atoms with van der Waals surface area (Å²) < 4.78 is 58.9. The Kier molecular flexibility index (Phi) is 5.04. The molecule has 0 spiro atoms. The monoisotopic (exact) mass is 375 g/mol. The Bertz CT molecular complexity index is 719. The van der Waals surface area contributed by atoms with E-state index in [0.29, 0.717) is 10.8 Å². The van der Waals surface area contributed by atoms with Crippen LogP contribution in [0.4, 0.5) is 19.0 Å². The van der Waals surface area contributed by atoms with Gasteiger partial charge in [-0.3, -0.25) is 9.09 Å². The molecule has 136 valence electrons. The third kappa shape index (κ3) is 4.32. The highest BCUT2D eigenvalue weighted by Gasteiger charge is 2.39. The van der Waals surface area contributed by atoms with Crippen molar-refractivity contribution in [3.8, 4) is 0 Å². The highest BCUT2D eigenvalue weighted by molar-refractivity contribution is 7.46. The summed E-state index contributed by atoms with van der Waals surface area (Å²) in [5.41, 5.74) is 2.60. The molecular formula is C10H13F3N3O7P. The lowest BCUT2D eigenvalue weighted by Crippen LogP contribution is -2.30. The summed E-state index contributed by atoms with van der Waals surface area (Å²) in [5, 5.41) is 9.75. The molecule has 1 aliphatic heterocycles. The molecule has 2 heterocycles. The van der Waals surface area contributed by atoms with E-state index in [1.165, 1.54) is 0 Å². The number of aliphatic hydroxyl groups is 1. The van der Waals surface area contributed by atoms with E-state index in [1.54, 1.807) is 0 Å². The summed E-state index contributed by atoms with van der Waals surface area (Å²) in [6.07, 6.45) is -8.65. The minimum atomic E-state index is -4.85. The average Bonchev–Trinajstić information content (AvgIpc) is 2.75. The largest absolute Gasteiger partial charge is 0.469 e. The number of phosphoric ester groups is 1. The molecule has 10 nitrogen and oxygen atoms in total. The fraction of sp³-hybridized carbons (Fsp3) is 0.600. The summed E-state index contributed by atoms with van der Waals surface area (Å²) in [7, 11) is -4.82. The highest BCUT2D eigenvalue weighted by Crippen LogP contribution is 2.38. The van der Waals surface area contributed by atoms with Crippen LogP contribution in [0, 0.1) is 0 Å². The Morgan fingerprint density at radius 3 is 2.67 bits per heavy atom. The van der Waals surface area contributed by atoms with Crippen LogP contribution in [0.5, 0.6) is 0 Å². The van der Waals surface area contributed by atoms with Gasteiger partial charge in [0.15, 0.2) is 0 Å². The van der Waals surface area contributed by atoms with Gasteiger partial charge in [-0.05, 0) is 0 Å². The Morgan fingerprint density at radius 2 is 2.12 bits per heavy atom. The maximum Gasteiger partial charge on any atom is 0.469 e. The summed E-state index contributed by atoms with van der Waals surface area (Å²) in [4.78, 5) is 32.0. The van der Waals surface area contributed by atoms with Gasteiger partial charge < -0.3 is 25.4 Å². The third-order valence-corrected chi connectivity index (χ3v) is 3.69. The Hall–Kier alpha value is -1.50. The molecule has 0 radical (unpaired) electrons. The lowest BCUT2D eigenvalue weighted by atomic mass is 10.2. The topological polar surface area (TPSA) is 157 Å². The van der Waals surface area contributed by atoms with E-state index in [-0.39, 0.29) is 6.42 Å². The van der Waals surface area contributed by atoms with E-state index < -0.39 is 56.1 Å². The molecule has 1 aromatic rings. The maximum absolute atomic E-state index is 12.8. The molecule has 5 N–H and O–H groups in total.